The van der Waals surface area contributed by atoms with Crippen molar-refractivity contribution < 1.29 is 48.3 Å². The number of carboxylic acid groups (broad SMARTS) is 2. The van der Waals surface area contributed by atoms with E-state index in [2.05, 4.69) is 10.6 Å². The minimum atomic E-state index is -1.08. The van der Waals surface area contributed by atoms with E-state index in [0.717, 1.165) is 32.1 Å². The van der Waals surface area contributed by atoms with Gasteiger partial charge in [0.15, 0.2) is 0 Å². The van der Waals surface area contributed by atoms with Gasteiger partial charge in [0.1, 0.15) is 6.54 Å². The quantitative estimate of drug-likeness (QED) is 0.0689. The van der Waals surface area contributed by atoms with Gasteiger partial charge < -0.3 is 39.8 Å². The summed E-state index contributed by atoms with van der Waals surface area (Å²) in [6, 6.07) is 0. The first-order valence-corrected chi connectivity index (χ1v) is 17.2. The average molecular weight is 647 g/mol. The van der Waals surface area contributed by atoms with Crippen LogP contribution in [0.4, 0.5) is 0 Å². The second-order valence-electron chi connectivity index (χ2n) is 11.3. The molecule has 0 heterocycles. The van der Waals surface area contributed by atoms with Crippen LogP contribution in [0.1, 0.15) is 122 Å². The van der Waals surface area contributed by atoms with Gasteiger partial charge in [-0.05, 0) is 12.8 Å². The summed E-state index contributed by atoms with van der Waals surface area (Å²) in [5.41, 5.74) is 0. The van der Waals surface area contributed by atoms with Crippen molar-refractivity contribution in [3.63, 3.8) is 0 Å². The summed E-state index contributed by atoms with van der Waals surface area (Å²) in [6.45, 7) is 3.21. The van der Waals surface area contributed by atoms with Gasteiger partial charge >= 0.3 is 11.9 Å². The Morgan fingerprint density at radius 1 is 0.378 bits per heavy atom. The molecule has 4 N–H and O–H groups in total. The summed E-state index contributed by atoms with van der Waals surface area (Å²) >= 11 is 0. The highest BCUT2D eigenvalue weighted by Crippen LogP contribution is 2.14. The molecule has 0 rings (SSSR count). The van der Waals surface area contributed by atoms with Crippen LogP contribution in [0.25, 0.3) is 0 Å². The number of aliphatic carboxylic acids is 2. The zero-order chi connectivity index (χ0) is 33.1. The SMILES string of the molecule is O=C(O)CCCCCCCCCCCCCCCCCCC(=O)NCCOCCOCCOCCOCCC(=O)NCC(=O)O. The highest BCUT2D eigenvalue weighted by molar-refractivity contribution is 5.81. The fourth-order valence-corrected chi connectivity index (χ4v) is 4.58. The van der Waals surface area contributed by atoms with Crippen molar-refractivity contribution in [2.24, 2.45) is 0 Å². The van der Waals surface area contributed by atoms with E-state index in [9.17, 15) is 19.2 Å². The Morgan fingerprint density at radius 2 is 0.733 bits per heavy atom. The van der Waals surface area contributed by atoms with Crippen LogP contribution in [-0.2, 0) is 38.1 Å². The van der Waals surface area contributed by atoms with Gasteiger partial charge in [0.05, 0.1) is 52.9 Å². The Balaban J connectivity index is 3.20. The highest BCUT2D eigenvalue weighted by Gasteiger charge is 2.04. The summed E-state index contributed by atoms with van der Waals surface area (Å²) in [4.78, 5) is 44.1. The summed E-state index contributed by atoms with van der Waals surface area (Å²) in [5, 5.41) is 22.2. The summed E-state index contributed by atoms with van der Waals surface area (Å²) in [6.07, 6.45) is 20.2. The fourth-order valence-electron chi connectivity index (χ4n) is 4.58. The van der Waals surface area contributed by atoms with Crippen LogP contribution in [0.2, 0.25) is 0 Å². The number of carbonyl (C=O) groups is 4. The molecule has 0 aromatic carbocycles. The van der Waals surface area contributed by atoms with Gasteiger partial charge in [0.25, 0.3) is 0 Å². The predicted molar refractivity (Wildman–Crippen MR) is 172 cm³/mol. The molecule has 0 aliphatic rings. The van der Waals surface area contributed by atoms with Crippen LogP contribution in [0.3, 0.4) is 0 Å². The summed E-state index contributed by atoms with van der Waals surface area (Å²) in [5.74, 6) is -2.05. The van der Waals surface area contributed by atoms with Crippen molar-refractivity contribution in [3.05, 3.63) is 0 Å². The average Bonchev–Trinajstić information content (AvgIpc) is 3.01. The number of carboxylic acids is 2. The Kier molecular flexibility index (Phi) is 32.8. The number of rotatable bonds is 36. The van der Waals surface area contributed by atoms with Gasteiger partial charge in [0, 0.05) is 25.8 Å². The van der Waals surface area contributed by atoms with Crippen LogP contribution >= 0.6 is 0 Å². The van der Waals surface area contributed by atoms with Crippen LogP contribution in [-0.4, -0.2) is 99.9 Å². The van der Waals surface area contributed by atoms with E-state index >= 15 is 0 Å². The van der Waals surface area contributed by atoms with Crippen LogP contribution in [0.15, 0.2) is 0 Å². The molecule has 0 bridgehead atoms. The molecule has 0 aromatic heterocycles. The van der Waals surface area contributed by atoms with Gasteiger partial charge in [-0.25, -0.2) is 0 Å². The molecule has 0 fully saturated rings. The normalized spacial score (nSPS) is 11.0. The number of hydrogen-bond acceptors (Lipinski definition) is 8. The molecule has 12 nitrogen and oxygen atoms in total. The number of amides is 2. The molecule has 0 saturated carbocycles. The smallest absolute Gasteiger partial charge is 0.322 e. The zero-order valence-electron chi connectivity index (χ0n) is 27.7. The third kappa shape index (κ3) is 37.8. The third-order valence-electron chi connectivity index (χ3n) is 7.14. The van der Waals surface area contributed by atoms with E-state index in [4.69, 9.17) is 29.2 Å². The van der Waals surface area contributed by atoms with Crippen molar-refractivity contribution in [2.45, 2.75) is 122 Å². The first-order chi connectivity index (χ1) is 21.9. The van der Waals surface area contributed by atoms with Gasteiger partial charge in [-0.3, -0.25) is 19.2 Å². The number of nitrogens with one attached hydrogen (secondary N) is 2. The van der Waals surface area contributed by atoms with E-state index in [0.29, 0.717) is 65.6 Å². The molecule has 0 radical (unpaired) electrons. The molecular formula is C33H62N2O10. The molecule has 0 saturated heterocycles. The Bertz CT molecular complexity index is 724. The van der Waals surface area contributed by atoms with Crippen molar-refractivity contribution >= 4 is 23.8 Å². The molecular weight excluding hydrogens is 584 g/mol. The third-order valence-corrected chi connectivity index (χ3v) is 7.14. The maximum Gasteiger partial charge on any atom is 0.322 e. The van der Waals surface area contributed by atoms with Gasteiger partial charge in [0.2, 0.25) is 11.8 Å². The number of carbonyl (C=O) groups excluding carboxylic acids is 2. The lowest BCUT2D eigenvalue weighted by atomic mass is 10.0. The van der Waals surface area contributed by atoms with E-state index in [1.54, 1.807) is 0 Å². The van der Waals surface area contributed by atoms with Crippen LogP contribution < -0.4 is 10.6 Å². The lowest BCUT2D eigenvalue weighted by Crippen LogP contribution is -2.30. The van der Waals surface area contributed by atoms with Crippen LogP contribution in [0, 0.1) is 0 Å². The molecule has 2 amide bonds. The molecule has 0 aliphatic heterocycles. The second-order valence-corrected chi connectivity index (χ2v) is 11.3. The van der Waals surface area contributed by atoms with Crippen molar-refractivity contribution in [1.82, 2.24) is 10.6 Å². The van der Waals surface area contributed by atoms with E-state index in [-0.39, 0.29) is 24.8 Å². The van der Waals surface area contributed by atoms with Crippen LogP contribution in [0.5, 0.6) is 0 Å². The molecule has 0 spiro atoms. The predicted octanol–water partition coefficient (Wildman–Crippen LogP) is 4.87. The first kappa shape index (κ1) is 42.7. The topological polar surface area (TPSA) is 170 Å². The largest absolute Gasteiger partial charge is 0.481 e. The number of ether oxygens (including phenoxy) is 4. The lowest BCUT2D eigenvalue weighted by Gasteiger charge is -2.08. The molecule has 264 valence electrons. The molecule has 45 heavy (non-hydrogen) atoms. The second kappa shape index (κ2) is 34.6. The lowest BCUT2D eigenvalue weighted by molar-refractivity contribution is -0.138. The first-order valence-electron chi connectivity index (χ1n) is 17.2. The zero-order valence-corrected chi connectivity index (χ0v) is 27.7. The van der Waals surface area contributed by atoms with Crippen molar-refractivity contribution in [3.8, 4) is 0 Å². The molecule has 0 atom stereocenters. The fraction of sp³-hybridized carbons (Fsp3) is 0.879. The Labute approximate surface area is 270 Å². The molecule has 0 aromatic rings. The summed E-state index contributed by atoms with van der Waals surface area (Å²) in [7, 11) is 0. The molecule has 0 unspecified atom stereocenters. The maximum atomic E-state index is 12.0. The van der Waals surface area contributed by atoms with E-state index in [1.165, 1.54) is 70.6 Å². The Morgan fingerprint density at radius 3 is 1.16 bits per heavy atom. The minimum Gasteiger partial charge on any atom is -0.481 e. The van der Waals surface area contributed by atoms with E-state index < -0.39 is 18.5 Å². The standard InChI is InChI=1S/C33H62N2O10/c36-30(17-15-13-11-9-7-5-3-1-2-4-6-8-10-12-14-16-18-32(38)39)34-20-22-43-24-26-45-28-27-44-25-23-42-21-19-31(37)35-29-33(40)41/h1-29H2,(H,34,36)(H,35,37)(H,38,39)(H,40,41). The van der Waals surface area contributed by atoms with E-state index in [1.807, 2.05) is 0 Å². The maximum absolute atomic E-state index is 12.0. The van der Waals surface area contributed by atoms with Crippen molar-refractivity contribution in [2.75, 3.05) is 65.9 Å². The number of unbranched alkanes of at least 4 members (excludes halogenated alkanes) is 15. The van der Waals surface area contributed by atoms with Gasteiger partial charge in [-0.1, -0.05) is 89.9 Å². The van der Waals surface area contributed by atoms with Gasteiger partial charge in [-0.2, -0.15) is 0 Å². The molecule has 0 aliphatic carbocycles. The monoisotopic (exact) mass is 646 g/mol. The van der Waals surface area contributed by atoms with Crippen molar-refractivity contribution in [1.29, 1.82) is 0 Å². The Hall–Kier alpha value is -2.28. The minimum absolute atomic E-state index is 0.0793. The number of hydrogen-bond donors (Lipinski definition) is 4. The highest BCUT2D eigenvalue weighted by atomic mass is 16.6. The summed E-state index contributed by atoms with van der Waals surface area (Å²) < 4.78 is 21.5. The molecule has 12 heteroatoms. The van der Waals surface area contributed by atoms with Gasteiger partial charge in [-0.15, -0.1) is 0 Å².